The van der Waals surface area contributed by atoms with Crippen molar-refractivity contribution >= 4 is 11.6 Å². The Kier molecular flexibility index (Phi) is 7.85. The highest BCUT2D eigenvalue weighted by atomic mass is 16.1. The molecule has 1 aromatic heterocycles. The van der Waals surface area contributed by atoms with Crippen LogP contribution >= 0.6 is 0 Å². The van der Waals surface area contributed by atoms with Gasteiger partial charge in [-0.3, -0.25) is 9.59 Å². The summed E-state index contributed by atoms with van der Waals surface area (Å²) in [5.41, 5.74) is 2.26. The number of rotatable bonds is 11. The molecule has 1 fully saturated rings. The van der Waals surface area contributed by atoms with E-state index >= 15 is 0 Å². The maximum Gasteiger partial charge on any atom is 0.174 e. The number of ketones is 2. The van der Waals surface area contributed by atoms with Crippen LogP contribution < -0.4 is 0 Å². The van der Waals surface area contributed by atoms with Crippen LogP contribution in [0.1, 0.15) is 61.9 Å². The van der Waals surface area contributed by atoms with E-state index in [0.29, 0.717) is 31.0 Å². The summed E-state index contributed by atoms with van der Waals surface area (Å²) in [5.74, 6) is 1.78. The van der Waals surface area contributed by atoms with Crippen LogP contribution in [0, 0.1) is 18.8 Å². The second-order valence-corrected chi connectivity index (χ2v) is 8.04. The molecule has 0 aliphatic heterocycles. The number of hydrogen-bond donors (Lipinski definition) is 1. The minimum atomic E-state index is 0.0789. The maximum atomic E-state index is 12.4. The van der Waals surface area contributed by atoms with Gasteiger partial charge in [-0.15, -0.1) is 10.2 Å². The molecule has 0 amide bonds. The van der Waals surface area contributed by atoms with Gasteiger partial charge >= 0.3 is 0 Å². The Morgan fingerprint density at radius 2 is 2.21 bits per heavy atom. The lowest BCUT2D eigenvalue weighted by atomic mass is 9.87. The Hall–Kier alpha value is -2.63. The van der Waals surface area contributed by atoms with Crippen molar-refractivity contribution in [1.29, 1.82) is 0 Å². The van der Waals surface area contributed by atoms with Gasteiger partial charge in [-0.05, 0) is 50.5 Å². The van der Waals surface area contributed by atoms with Crippen LogP contribution in [0.2, 0.25) is 0 Å². The number of H-pyrrole nitrogens is 1. The third-order valence-electron chi connectivity index (χ3n) is 5.74. The molecule has 1 N–H and O–H groups in total. The van der Waals surface area contributed by atoms with E-state index in [9.17, 15) is 9.59 Å². The fourth-order valence-electron chi connectivity index (χ4n) is 4.16. The fourth-order valence-corrected chi connectivity index (χ4v) is 4.16. The van der Waals surface area contributed by atoms with Crippen LogP contribution in [0.4, 0.5) is 0 Å². The molecule has 2 unspecified atom stereocenters. The van der Waals surface area contributed by atoms with Gasteiger partial charge in [0.05, 0.1) is 0 Å². The number of hydrogen-bond acceptors (Lipinski definition) is 5. The molecule has 3 rings (SSSR count). The van der Waals surface area contributed by atoms with Crippen molar-refractivity contribution in [2.45, 2.75) is 64.7 Å². The average molecular weight is 395 g/mol. The van der Waals surface area contributed by atoms with Crippen molar-refractivity contribution in [3.8, 4) is 0 Å². The van der Waals surface area contributed by atoms with E-state index in [4.69, 9.17) is 0 Å². The second-order valence-electron chi connectivity index (χ2n) is 8.04. The second kappa shape index (κ2) is 10.8. The predicted octanol–water partition coefficient (Wildman–Crippen LogP) is 3.96. The number of benzene rings is 1. The maximum absolute atomic E-state index is 12.4. The third kappa shape index (κ3) is 6.73. The zero-order valence-corrected chi connectivity index (χ0v) is 17.1. The molecule has 2 aromatic rings. The number of nitrogens with one attached hydrogen (secondary N) is 1. The highest BCUT2D eigenvalue weighted by molar-refractivity contribution is 5.84. The number of tetrazole rings is 1. The smallest absolute Gasteiger partial charge is 0.174 e. The number of Topliss-reactive ketones (excluding diaryl/α,β-unsaturated/α-hetero) is 2. The van der Waals surface area contributed by atoms with E-state index in [1.54, 1.807) is 0 Å². The van der Waals surface area contributed by atoms with Crippen LogP contribution in [0.3, 0.4) is 0 Å². The van der Waals surface area contributed by atoms with E-state index < -0.39 is 0 Å². The Bertz CT molecular complexity index is 829. The lowest BCUT2D eigenvalue weighted by Crippen LogP contribution is -2.15. The first kappa shape index (κ1) is 21.1. The van der Waals surface area contributed by atoms with E-state index in [0.717, 1.165) is 49.9 Å². The Morgan fingerprint density at radius 3 is 3.00 bits per heavy atom. The minimum Gasteiger partial charge on any atom is -0.299 e. The molecule has 154 valence electrons. The Morgan fingerprint density at radius 1 is 1.31 bits per heavy atom. The van der Waals surface area contributed by atoms with Crippen LogP contribution in [0.25, 0.3) is 0 Å². The zero-order chi connectivity index (χ0) is 20.5. The fraction of sp³-hybridized carbons (Fsp3) is 0.522. The topological polar surface area (TPSA) is 88.6 Å². The first-order chi connectivity index (χ1) is 14.1. The number of aromatic amines is 1. The molecule has 1 aliphatic rings. The number of allylic oxidation sites excluding steroid dienone is 2. The first-order valence-electron chi connectivity index (χ1n) is 10.6. The molecule has 1 aromatic carbocycles. The Labute approximate surface area is 172 Å². The van der Waals surface area contributed by atoms with Gasteiger partial charge in [0.15, 0.2) is 5.82 Å². The van der Waals surface area contributed by atoms with E-state index in [2.05, 4.69) is 38.8 Å². The van der Waals surface area contributed by atoms with Gasteiger partial charge in [-0.2, -0.15) is 5.21 Å². The third-order valence-corrected chi connectivity index (χ3v) is 5.74. The molecule has 6 heteroatoms. The lowest BCUT2D eigenvalue weighted by Gasteiger charge is -2.16. The largest absolute Gasteiger partial charge is 0.299 e. The summed E-state index contributed by atoms with van der Waals surface area (Å²) in [4.78, 5) is 24.7. The molecule has 29 heavy (non-hydrogen) atoms. The summed E-state index contributed by atoms with van der Waals surface area (Å²) in [6.07, 6.45) is 11.2. The molecule has 2 atom stereocenters. The lowest BCUT2D eigenvalue weighted by molar-refractivity contribution is -0.122. The van der Waals surface area contributed by atoms with Gasteiger partial charge in [0, 0.05) is 31.6 Å². The van der Waals surface area contributed by atoms with Crippen LogP contribution in [0.15, 0.2) is 36.4 Å². The van der Waals surface area contributed by atoms with Gasteiger partial charge in [-0.25, -0.2) is 0 Å². The van der Waals surface area contributed by atoms with Gasteiger partial charge < -0.3 is 0 Å². The van der Waals surface area contributed by atoms with E-state index in [1.165, 1.54) is 5.56 Å². The Balaban J connectivity index is 1.38. The van der Waals surface area contributed by atoms with Gasteiger partial charge in [0.2, 0.25) is 0 Å². The molecule has 0 spiro atoms. The monoisotopic (exact) mass is 394 g/mol. The molecular weight excluding hydrogens is 364 g/mol. The summed E-state index contributed by atoms with van der Waals surface area (Å²) in [7, 11) is 0. The number of carbonyl (C=O) groups excluding carboxylic acids is 2. The van der Waals surface area contributed by atoms with Crippen molar-refractivity contribution in [2.24, 2.45) is 11.8 Å². The van der Waals surface area contributed by atoms with Crippen molar-refractivity contribution < 1.29 is 9.59 Å². The van der Waals surface area contributed by atoms with Crippen molar-refractivity contribution in [2.75, 3.05) is 0 Å². The van der Waals surface area contributed by atoms with Crippen molar-refractivity contribution in [3.63, 3.8) is 0 Å². The standard InChI is InChI=1S/C23H30N4O2/c1-17-7-6-8-18(15-17)16-20(28)13-11-19-12-14-22(29)21(19)9-4-2-3-5-10-23-24-26-27-25-23/h2,4,6-8,15,19,21H,3,5,9-14,16H2,1H3,(H,24,25,26,27)/b4-2-. The predicted molar refractivity (Wildman–Crippen MR) is 111 cm³/mol. The van der Waals surface area contributed by atoms with Crippen LogP contribution in [-0.4, -0.2) is 32.2 Å². The zero-order valence-electron chi connectivity index (χ0n) is 17.1. The summed E-state index contributed by atoms with van der Waals surface area (Å²) in [6.45, 7) is 2.04. The quantitative estimate of drug-likeness (QED) is 0.460. The highest BCUT2D eigenvalue weighted by Gasteiger charge is 2.33. The summed E-state index contributed by atoms with van der Waals surface area (Å²) < 4.78 is 0. The minimum absolute atomic E-state index is 0.0789. The molecule has 1 saturated carbocycles. The SMILES string of the molecule is Cc1cccc(CC(=O)CCC2CCC(=O)C2C/C=C\CCCc2nn[nH]n2)c1. The number of aromatic nitrogens is 4. The molecule has 6 nitrogen and oxygen atoms in total. The van der Waals surface area contributed by atoms with Crippen LogP contribution in [0.5, 0.6) is 0 Å². The first-order valence-corrected chi connectivity index (χ1v) is 10.6. The number of nitrogens with zero attached hydrogens (tertiary/aromatic N) is 3. The molecule has 0 bridgehead atoms. The number of aryl methyl sites for hydroxylation is 2. The molecule has 0 saturated heterocycles. The summed E-state index contributed by atoms with van der Waals surface area (Å²) in [6, 6.07) is 8.12. The molecule has 1 aliphatic carbocycles. The van der Waals surface area contributed by atoms with Gasteiger partial charge in [-0.1, -0.05) is 47.2 Å². The molecule has 0 radical (unpaired) electrons. The summed E-state index contributed by atoms with van der Waals surface area (Å²) in [5, 5.41) is 13.9. The molecule has 1 heterocycles. The van der Waals surface area contributed by atoms with Crippen LogP contribution in [-0.2, 0) is 22.4 Å². The van der Waals surface area contributed by atoms with Crippen molar-refractivity contribution in [3.05, 3.63) is 53.4 Å². The average Bonchev–Trinajstić information content (AvgIpc) is 3.33. The van der Waals surface area contributed by atoms with Gasteiger partial charge in [0.25, 0.3) is 0 Å². The number of unbranched alkanes of at least 4 members (excludes halogenated alkanes) is 1. The summed E-state index contributed by atoms with van der Waals surface area (Å²) >= 11 is 0. The van der Waals surface area contributed by atoms with Crippen molar-refractivity contribution in [1.82, 2.24) is 20.6 Å². The van der Waals surface area contributed by atoms with E-state index in [-0.39, 0.29) is 11.7 Å². The molecular formula is C23H30N4O2. The highest BCUT2D eigenvalue weighted by Crippen LogP contribution is 2.35. The normalized spacial score (nSPS) is 19.3. The van der Waals surface area contributed by atoms with Gasteiger partial charge in [0.1, 0.15) is 11.6 Å². The number of carbonyl (C=O) groups is 2. The van der Waals surface area contributed by atoms with E-state index in [1.807, 2.05) is 25.1 Å².